The second kappa shape index (κ2) is 12.2. The van der Waals surface area contributed by atoms with E-state index in [-0.39, 0.29) is 17.9 Å². The molecule has 1 N–H and O–H groups in total. The van der Waals surface area contributed by atoms with Crippen molar-refractivity contribution in [1.29, 1.82) is 5.26 Å². The molecule has 0 spiro atoms. The summed E-state index contributed by atoms with van der Waals surface area (Å²) in [4.78, 5) is 23.4. The van der Waals surface area contributed by atoms with E-state index in [0.717, 1.165) is 11.1 Å². The minimum atomic E-state index is -0.509. The van der Waals surface area contributed by atoms with Crippen LogP contribution < -0.4 is 14.8 Å². The number of hydrogen-bond acceptors (Lipinski definition) is 6. The van der Waals surface area contributed by atoms with Crippen molar-refractivity contribution < 1.29 is 19.2 Å². The number of benzene rings is 3. The number of halogens is 1. The third kappa shape index (κ3) is 6.60. The lowest BCUT2D eigenvalue weighted by atomic mass is 10.1. The number of hydrogen-bond donors (Lipinski definition) is 1. The Kier molecular flexibility index (Phi) is 9.02. The predicted molar refractivity (Wildman–Crippen MR) is 146 cm³/mol. The molecule has 3 aromatic carbocycles. The molecule has 0 aliphatic rings. The number of carbonyl (C=O) groups excluding carboxylic acids is 1. The molecule has 9 heteroatoms. The second-order valence-electron chi connectivity index (χ2n) is 7.85. The fraction of sp³-hybridized carbons (Fsp3) is 0.185. The van der Waals surface area contributed by atoms with Crippen LogP contribution in [0.4, 0.5) is 11.4 Å². The first kappa shape index (κ1) is 26.7. The summed E-state index contributed by atoms with van der Waals surface area (Å²) in [6.07, 6.45) is 1.50. The van der Waals surface area contributed by atoms with Crippen molar-refractivity contribution in [2.45, 2.75) is 27.4 Å². The summed E-state index contributed by atoms with van der Waals surface area (Å²) >= 11 is 2.09. The van der Waals surface area contributed by atoms with Gasteiger partial charge in [0, 0.05) is 17.8 Å². The molecule has 3 rings (SSSR count). The van der Waals surface area contributed by atoms with Crippen LogP contribution in [-0.2, 0) is 11.4 Å². The number of nitrogens with zero attached hydrogens (tertiary/aromatic N) is 2. The average molecular weight is 597 g/mol. The molecule has 0 aliphatic heterocycles. The molecule has 8 nitrogen and oxygen atoms in total. The van der Waals surface area contributed by atoms with Gasteiger partial charge in [-0.25, -0.2) is 0 Å². The maximum atomic E-state index is 12.8. The second-order valence-corrected chi connectivity index (χ2v) is 9.01. The van der Waals surface area contributed by atoms with E-state index in [0.29, 0.717) is 38.5 Å². The monoisotopic (exact) mass is 597 g/mol. The Hall–Kier alpha value is -3.91. The third-order valence-electron chi connectivity index (χ3n) is 5.37. The van der Waals surface area contributed by atoms with Gasteiger partial charge in [0.05, 0.1) is 15.1 Å². The van der Waals surface area contributed by atoms with Crippen molar-refractivity contribution in [3.05, 3.63) is 96.1 Å². The first-order valence-electron chi connectivity index (χ1n) is 11.0. The molecule has 184 valence electrons. The zero-order valence-corrected chi connectivity index (χ0v) is 22.2. The lowest BCUT2D eigenvalue weighted by Gasteiger charge is -2.15. The Morgan fingerprint density at radius 3 is 2.61 bits per heavy atom. The Morgan fingerprint density at radius 2 is 1.92 bits per heavy atom. The van der Waals surface area contributed by atoms with Gasteiger partial charge in [-0.2, -0.15) is 5.26 Å². The summed E-state index contributed by atoms with van der Waals surface area (Å²) in [7, 11) is 0. The highest BCUT2D eigenvalue weighted by Gasteiger charge is 2.16. The largest absolute Gasteiger partial charge is 0.490 e. The molecule has 0 saturated carbocycles. The Labute approximate surface area is 222 Å². The van der Waals surface area contributed by atoms with Gasteiger partial charge in [-0.1, -0.05) is 24.3 Å². The van der Waals surface area contributed by atoms with Gasteiger partial charge in [-0.3, -0.25) is 14.9 Å². The highest BCUT2D eigenvalue weighted by atomic mass is 127. The van der Waals surface area contributed by atoms with Gasteiger partial charge >= 0.3 is 0 Å². The van der Waals surface area contributed by atoms with E-state index < -0.39 is 10.8 Å². The van der Waals surface area contributed by atoms with E-state index in [1.54, 1.807) is 30.3 Å². The number of nitriles is 1. The van der Waals surface area contributed by atoms with Gasteiger partial charge in [0.1, 0.15) is 18.2 Å². The van der Waals surface area contributed by atoms with Crippen LogP contribution in [0.1, 0.15) is 29.2 Å². The molecular weight excluding hydrogens is 573 g/mol. The smallest absolute Gasteiger partial charge is 0.269 e. The Balaban J connectivity index is 1.86. The van der Waals surface area contributed by atoms with Crippen LogP contribution in [-0.4, -0.2) is 17.4 Å². The molecule has 0 fully saturated rings. The average Bonchev–Trinajstić information content (AvgIpc) is 2.85. The summed E-state index contributed by atoms with van der Waals surface area (Å²) in [5, 5.41) is 23.5. The number of ether oxygens (including phenoxy) is 2. The number of nitro groups is 1. The molecule has 0 atom stereocenters. The minimum Gasteiger partial charge on any atom is -0.490 e. The number of nitro benzene ring substituents is 1. The summed E-state index contributed by atoms with van der Waals surface area (Å²) in [6, 6.07) is 17.2. The highest BCUT2D eigenvalue weighted by Crippen LogP contribution is 2.36. The van der Waals surface area contributed by atoms with Gasteiger partial charge in [-0.05, 0) is 89.9 Å². The summed E-state index contributed by atoms with van der Waals surface area (Å²) in [6.45, 7) is 6.16. The van der Waals surface area contributed by atoms with E-state index in [9.17, 15) is 20.2 Å². The van der Waals surface area contributed by atoms with E-state index in [2.05, 4.69) is 27.9 Å². The van der Waals surface area contributed by atoms with Gasteiger partial charge < -0.3 is 14.8 Å². The SMILES string of the molecule is CCOc1cc(/C=C(\C#N)C(=O)Nc2cccc(C)c2C)cc(I)c1OCc1cccc([N+](=O)[O-])c1. The van der Waals surface area contributed by atoms with Crippen LogP contribution >= 0.6 is 22.6 Å². The van der Waals surface area contributed by atoms with Gasteiger partial charge in [0.25, 0.3) is 11.6 Å². The fourth-order valence-corrected chi connectivity index (χ4v) is 4.16. The zero-order valence-electron chi connectivity index (χ0n) is 20.0. The molecule has 0 bridgehead atoms. The number of anilines is 1. The lowest BCUT2D eigenvalue weighted by molar-refractivity contribution is -0.384. The van der Waals surface area contributed by atoms with Crippen molar-refractivity contribution in [3.8, 4) is 17.6 Å². The van der Waals surface area contributed by atoms with Crippen LogP contribution in [0.5, 0.6) is 11.5 Å². The van der Waals surface area contributed by atoms with Crippen molar-refractivity contribution >= 4 is 45.9 Å². The van der Waals surface area contributed by atoms with Gasteiger partial charge in [-0.15, -0.1) is 0 Å². The van der Waals surface area contributed by atoms with Crippen LogP contribution in [0.15, 0.2) is 60.2 Å². The predicted octanol–water partition coefficient (Wildman–Crippen LogP) is 6.34. The van der Waals surface area contributed by atoms with Crippen LogP contribution in [0.2, 0.25) is 0 Å². The van der Waals surface area contributed by atoms with Gasteiger partial charge in [0.2, 0.25) is 0 Å². The molecule has 0 unspecified atom stereocenters. The number of aryl methyl sites for hydroxylation is 1. The van der Waals surface area contributed by atoms with Crippen LogP contribution in [0.3, 0.4) is 0 Å². The summed E-state index contributed by atoms with van der Waals surface area (Å²) in [5.74, 6) is 0.401. The summed E-state index contributed by atoms with van der Waals surface area (Å²) in [5.41, 5.74) is 3.78. The zero-order chi connectivity index (χ0) is 26.2. The molecule has 0 saturated heterocycles. The molecule has 0 aromatic heterocycles. The van der Waals surface area contributed by atoms with Crippen molar-refractivity contribution in [2.75, 3.05) is 11.9 Å². The topological polar surface area (TPSA) is 114 Å². The van der Waals surface area contributed by atoms with Crippen molar-refractivity contribution in [3.63, 3.8) is 0 Å². The third-order valence-corrected chi connectivity index (χ3v) is 6.17. The molecule has 36 heavy (non-hydrogen) atoms. The van der Waals surface area contributed by atoms with Crippen LogP contribution in [0.25, 0.3) is 6.08 Å². The Morgan fingerprint density at radius 1 is 1.17 bits per heavy atom. The first-order chi connectivity index (χ1) is 17.2. The number of rotatable bonds is 9. The maximum absolute atomic E-state index is 12.8. The highest BCUT2D eigenvalue weighted by molar-refractivity contribution is 14.1. The van der Waals surface area contributed by atoms with Crippen LogP contribution in [0, 0.1) is 38.9 Å². The van der Waals surface area contributed by atoms with E-state index in [4.69, 9.17) is 9.47 Å². The molecule has 0 aliphatic carbocycles. The van der Waals surface area contributed by atoms with Crippen molar-refractivity contribution in [1.82, 2.24) is 0 Å². The quantitative estimate of drug-likeness (QED) is 0.101. The summed E-state index contributed by atoms with van der Waals surface area (Å²) < 4.78 is 12.4. The van der Waals surface area contributed by atoms with E-state index >= 15 is 0 Å². The Bertz CT molecular complexity index is 1380. The molecule has 0 heterocycles. The minimum absolute atomic E-state index is 0.0144. The fourth-order valence-electron chi connectivity index (χ4n) is 3.38. The normalized spacial score (nSPS) is 10.9. The molecule has 1 amide bonds. The standard InChI is InChI=1S/C27H24IN3O5/c1-4-35-25-14-20(11-21(15-29)27(32)30-24-10-5-7-17(2)18(24)3)13-23(28)26(25)36-16-19-8-6-9-22(12-19)31(33)34/h5-14H,4,16H2,1-3H3,(H,30,32)/b21-11+. The number of carbonyl (C=O) groups is 1. The molecular formula is C27H24IN3O5. The van der Waals surface area contributed by atoms with Crippen molar-refractivity contribution in [2.24, 2.45) is 0 Å². The number of amides is 1. The lowest BCUT2D eigenvalue weighted by Crippen LogP contribution is -2.14. The molecule has 0 radical (unpaired) electrons. The van der Waals surface area contributed by atoms with E-state index in [1.807, 2.05) is 39.0 Å². The number of nitrogens with one attached hydrogen (secondary N) is 1. The first-order valence-corrected chi connectivity index (χ1v) is 12.1. The van der Waals surface area contributed by atoms with Gasteiger partial charge in [0.15, 0.2) is 11.5 Å². The number of non-ortho nitro benzene ring substituents is 1. The maximum Gasteiger partial charge on any atom is 0.269 e. The molecule has 3 aromatic rings. The van der Waals surface area contributed by atoms with E-state index in [1.165, 1.54) is 18.2 Å².